The van der Waals surface area contributed by atoms with E-state index >= 15 is 0 Å². The van der Waals surface area contributed by atoms with Crippen molar-refractivity contribution in [2.75, 3.05) is 10.6 Å². The Hall–Kier alpha value is -7.01. The van der Waals surface area contributed by atoms with Crippen LogP contribution in [0, 0.1) is 0 Å². The first-order chi connectivity index (χ1) is 30.1. The summed E-state index contributed by atoms with van der Waals surface area (Å²) in [5, 5.41) is 2.24. The number of nitrogen functional groups attached to an aromatic ring is 1. The molecule has 0 fully saturated rings. The van der Waals surface area contributed by atoms with Gasteiger partial charge in [0.1, 0.15) is 5.58 Å². The van der Waals surface area contributed by atoms with E-state index in [1.807, 2.05) is 23.9 Å². The number of nitrogens with two attached hydrogens (primary N) is 1. The Bertz CT molecular complexity index is 3170. The zero-order valence-electron chi connectivity index (χ0n) is 33.6. The lowest BCUT2D eigenvalue weighted by atomic mass is 9.66. The van der Waals surface area contributed by atoms with Gasteiger partial charge in [-0.05, 0) is 130 Å². The Kier molecular flexibility index (Phi) is 8.43. The van der Waals surface area contributed by atoms with E-state index in [-0.39, 0.29) is 5.92 Å². The van der Waals surface area contributed by atoms with Gasteiger partial charge < -0.3 is 15.1 Å². The summed E-state index contributed by atoms with van der Waals surface area (Å²) in [6, 6.07) is 70.7. The van der Waals surface area contributed by atoms with Gasteiger partial charge in [0, 0.05) is 43.6 Å². The third kappa shape index (κ3) is 5.66. The number of benzene rings is 8. The molecule has 61 heavy (non-hydrogen) atoms. The third-order valence-corrected chi connectivity index (χ3v) is 14.3. The number of fused-ring (bicyclic) bond motifs is 11. The van der Waals surface area contributed by atoms with Crippen LogP contribution in [0.4, 0.5) is 17.1 Å². The molecule has 2 aliphatic carbocycles. The van der Waals surface area contributed by atoms with E-state index in [1.54, 1.807) is 0 Å². The number of nitrogens with zero attached hydrogens (tertiary/aromatic N) is 1. The number of para-hydroxylation sites is 2. The third-order valence-electron chi connectivity index (χ3n) is 13.2. The van der Waals surface area contributed by atoms with Crippen LogP contribution in [-0.2, 0) is 11.8 Å². The van der Waals surface area contributed by atoms with Gasteiger partial charge in [0.05, 0.1) is 11.1 Å². The van der Waals surface area contributed by atoms with Crippen LogP contribution in [0.25, 0.3) is 27.5 Å². The first kappa shape index (κ1) is 35.9. The van der Waals surface area contributed by atoms with Crippen molar-refractivity contribution in [1.82, 2.24) is 0 Å². The fraction of sp³-hybridized carbons (Fsp3) is 0.0877. The highest BCUT2D eigenvalue weighted by Crippen LogP contribution is 2.63. The molecule has 3 nitrogen and oxygen atoms in total. The second kappa shape index (κ2) is 14.3. The smallest absolute Gasteiger partial charge is 0.159 e. The summed E-state index contributed by atoms with van der Waals surface area (Å²) in [6.45, 7) is 0. The zero-order valence-corrected chi connectivity index (χ0v) is 34.4. The molecule has 0 radical (unpaired) electrons. The monoisotopic (exact) mass is 802 g/mol. The molecule has 1 aliphatic heterocycles. The van der Waals surface area contributed by atoms with Crippen molar-refractivity contribution in [3.63, 3.8) is 0 Å². The average molecular weight is 803 g/mol. The summed E-state index contributed by atoms with van der Waals surface area (Å²) in [5.41, 5.74) is 23.7. The predicted molar refractivity (Wildman–Crippen MR) is 253 cm³/mol. The summed E-state index contributed by atoms with van der Waals surface area (Å²) in [5.74, 6) is 0.161. The van der Waals surface area contributed by atoms with Crippen LogP contribution in [0.15, 0.2) is 226 Å². The molecule has 2 heterocycles. The van der Waals surface area contributed by atoms with Gasteiger partial charge >= 0.3 is 0 Å². The fourth-order valence-corrected chi connectivity index (χ4v) is 11.7. The van der Waals surface area contributed by atoms with Crippen molar-refractivity contribution in [2.45, 2.75) is 40.4 Å². The molecule has 8 aromatic carbocycles. The van der Waals surface area contributed by atoms with Gasteiger partial charge in [0.15, 0.2) is 5.58 Å². The lowest BCUT2D eigenvalue weighted by Crippen LogP contribution is -2.33. The summed E-state index contributed by atoms with van der Waals surface area (Å²) in [6.07, 6.45) is 5.23. The highest BCUT2D eigenvalue weighted by molar-refractivity contribution is 7.99. The largest absolute Gasteiger partial charge is 0.454 e. The molecular formula is C57H42N2OS. The standard InChI is InChI=1S/C57H42N2OS/c58-40-29-26-37(27-30-40)34-46(38-14-3-1-4-15-38)39-28-33-53-47(35-39)45-19-13-23-52(56(45)60-53)59(41-16-5-2-6-17-41)42-31-32-44-43-18-7-8-20-48(43)57(51(44)36-42)49-21-9-11-24-54(49)61-55-25-12-10-22-50(55)57/h1-30,33,35-36,46H,31-32,34,58H2. The number of rotatable bonds is 7. The Labute approximate surface area is 360 Å². The molecule has 0 bridgehead atoms. The van der Waals surface area contributed by atoms with E-state index in [4.69, 9.17) is 10.2 Å². The van der Waals surface area contributed by atoms with Crippen molar-refractivity contribution >= 4 is 56.3 Å². The van der Waals surface area contributed by atoms with Crippen LogP contribution in [-0.4, -0.2) is 0 Å². The number of anilines is 3. The number of hydrogen-bond donors (Lipinski definition) is 1. The Balaban J connectivity index is 1.04. The minimum atomic E-state index is -0.429. The predicted octanol–water partition coefficient (Wildman–Crippen LogP) is 14.6. The maximum atomic E-state index is 6.99. The second-order valence-electron chi connectivity index (χ2n) is 16.5. The molecule has 1 atom stereocenters. The molecule has 1 spiro atoms. The van der Waals surface area contributed by atoms with Gasteiger partial charge in [-0.2, -0.15) is 0 Å². The Morgan fingerprint density at radius 1 is 0.590 bits per heavy atom. The molecular weight excluding hydrogens is 761 g/mol. The normalized spacial score (nSPS) is 15.2. The van der Waals surface area contributed by atoms with Crippen molar-refractivity contribution in [3.05, 3.63) is 250 Å². The summed E-state index contributed by atoms with van der Waals surface area (Å²) < 4.78 is 6.99. The van der Waals surface area contributed by atoms with E-state index in [2.05, 4.69) is 193 Å². The number of allylic oxidation sites excluding steroid dienone is 4. The lowest BCUT2D eigenvalue weighted by molar-refractivity contribution is 0.667. The lowest BCUT2D eigenvalue weighted by Gasteiger charge is -2.41. The molecule has 292 valence electrons. The van der Waals surface area contributed by atoms with Gasteiger partial charge in [-0.25, -0.2) is 0 Å². The van der Waals surface area contributed by atoms with Crippen molar-refractivity contribution in [2.24, 2.45) is 0 Å². The molecule has 12 rings (SSSR count). The topological polar surface area (TPSA) is 42.4 Å². The number of hydrogen-bond acceptors (Lipinski definition) is 4. The molecule has 3 aliphatic rings. The molecule has 1 unspecified atom stereocenters. The highest BCUT2D eigenvalue weighted by atomic mass is 32.2. The maximum absolute atomic E-state index is 6.99. The minimum Gasteiger partial charge on any atom is -0.454 e. The first-order valence-corrected chi connectivity index (χ1v) is 22.1. The van der Waals surface area contributed by atoms with Crippen LogP contribution in [0.1, 0.15) is 57.7 Å². The second-order valence-corrected chi connectivity index (χ2v) is 17.6. The van der Waals surface area contributed by atoms with E-state index in [1.165, 1.54) is 65.6 Å². The summed E-state index contributed by atoms with van der Waals surface area (Å²) in [4.78, 5) is 5.11. The maximum Gasteiger partial charge on any atom is 0.159 e. The Morgan fingerprint density at radius 2 is 1.26 bits per heavy atom. The molecule has 0 amide bonds. The van der Waals surface area contributed by atoms with E-state index in [0.717, 1.165) is 58.3 Å². The van der Waals surface area contributed by atoms with Crippen LogP contribution < -0.4 is 10.6 Å². The van der Waals surface area contributed by atoms with Crippen molar-refractivity contribution in [3.8, 4) is 0 Å². The van der Waals surface area contributed by atoms with E-state index < -0.39 is 5.41 Å². The van der Waals surface area contributed by atoms with Gasteiger partial charge in [0.25, 0.3) is 0 Å². The van der Waals surface area contributed by atoms with Crippen molar-refractivity contribution in [1.29, 1.82) is 0 Å². The molecule has 1 aromatic heterocycles. The molecule has 0 saturated heterocycles. The average Bonchev–Trinajstić information content (AvgIpc) is 3.83. The SMILES string of the molecule is Nc1ccc(CC(c2ccccc2)c2ccc3oc4c(N(C5=CC6=C(CC5)c5ccccc5C65c6ccccc6Sc6ccccc65)c5ccccc5)cccc4c3c2)cc1. The fourth-order valence-electron chi connectivity index (χ4n) is 10.5. The minimum absolute atomic E-state index is 0.161. The van der Waals surface area contributed by atoms with E-state index in [9.17, 15) is 0 Å². The molecule has 0 saturated carbocycles. The summed E-state index contributed by atoms with van der Waals surface area (Å²) in [7, 11) is 0. The van der Waals surface area contributed by atoms with Crippen LogP contribution >= 0.6 is 11.8 Å². The highest BCUT2D eigenvalue weighted by Gasteiger charge is 2.51. The quantitative estimate of drug-likeness (QED) is 0.163. The van der Waals surface area contributed by atoms with Crippen LogP contribution in [0.3, 0.4) is 0 Å². The van der Waals surface area contributed by atoms with Crippen LogP contribution in [0.5, 0.6) is 0 Å². The number of furan rings is 1. The Morgan fingerprint density at radius 3 is 2.02 bits per heavy atom. The van der Waals surface area contributed by atoms with Gasteiger partial charge in [-0.1, -0.05) is 151 Å². The molecule has 9 aromatic rings. The first-order valence-electron chi connectivity index (χ1n) is 21.3. The van der Waals surface area contributed by atoms with E-state index in [0.29, 0.717) is 0 Å². The molecule has 2 N–H and O–H groups in total. The molecule has 4 heteroatoms. The van der Waals surface area contributed by atoms with Crippen molar-refractivity contribution < 1.29 is 4.42 Å². The van der Waals surface area contributed by atoms with Gasteiger partial charge in [-0.3, -0.25) is 0 Å². The summed E-state index contributed by atoms with van der Waals surface area (Å²) >= 11 is 1.89. The van der Waals surface area contributed by atoms with Gasteiger partial charge in [-0.15, -0.1) is 0 Å². The van der Waals surface area contributed by atoms with Crippen LogP contribution in [0.2, 0.25) is 0 Å². The zero-order chi connectivity index (χ0) is 40.5. The van der Waals surface area contributed by atoms with Gasteiger partial charge in [0.2, 0.25) is 0 Å².